The average Bonchev–Trinajstić information content (AvgIpc) is 2.84. The van der Waals surface area contributed by atoms with E-state index < -0.39 is 6.03 Å². The van der Waals surface area contributed by atoms with Crippen molar-refractivity contribution in [2.24, 2.45) is 11.1 Å². The quantitative estimate of drug-likeness (QED) is 0.705. The van der Waals surface area contributed by atoms with Gasteiger partial charge >= 0.3 is 6.03 Å². The van der Waals surface area contributed by atoms with E-state index in [1.807, 2.05) is 12.1 Å². The van der Waals surface area contributed by atoms with Gasteiger partial charge in [0, 0.05) is 38.3 Å². The van der Waals surface area contributed by atoms with E-state index in [1.165, 1.54) is 5.56 Å². The minimum Gasteiger partial charge on any atom is -0.354 e. The van der Waals surface area contributed by atoms with Crippen molar-refractivity contribution in [3.8, 4) is 0 Å². The van der Waals surface area contributed by atoms with Gasteiger partial charge in [0.25, 0.3) is 0 Å². The van der Waals surface area contributed by atoms with Crippen molar-refractivity contribution in [3.05, 3.63) is 54.2 Å². The molecule has 0 radical (unpaired) electrons. The number of nitrogens with zero attached hydrogens (tertiary/aromatic N) is 4. The topological polar surface area (TPSA) is 77.7 Å². The van der Waals surface area contributed by atoms with Crippen molar-refractivity contribution in [2.45, 2.75) is 38.1 Å². The molecule has 3 N–H and O–H groups in total. The molecular formula is C26H38N6O. The summed E-state index contributed by atoms with van der Waals surface area (Å²) in [4.78, 5) is 23.4. The molecule has 2 aliphatic rings. The summed E-state index contributed by atoms with van der Waals surface area (Å²) in [6, 6.07) is 14.4. The maximum Gasteiger partial charge on any atom is 0.319 e. The van der Waals surface area contributed by atoms with Crippen molar-refractivity contribution in [1.29, 1.82) is 0 Å². The first-order valence-electron chi connectivity index (χ1n) is 12.0. The molecule has 7 nitrogen and oxygen atoms in total. The Morgan fingerprint density at radius 2 is 1.73 bits per heavy atom. The number of carbonyl (C=O) groups is 1. The van der Waals surface area contributed by atoms with Crippen molar-refractivity contribution < 1.29 is 4.79 Å². The number of aromatic nitrogens is 1. The van der Waals surface area contributed by atoms with Crippen molar-refractivity contribution >= 4 is 17.5 Å². The first-order chi connectivity index (χ1) is 15.8. The highest BCUT2D eigenvalue weighted by Crippen LogP contribution is 2.48. The molecule has 0 unspecified atom stereocenters. The number of pyridine rings is 1. The predicted octanol–water partition coefficient (Wildman–Crippen LogP) is 3.41. The highest BCUT2D eigenvalue weighted by atomic mass is 16.2. The SMILES string of the molecule is CN(C)[C@]1(c2ccccc2)CC[C@@](C)(CN(C(N)=O)c2ccc(N3CCNCC3)nc2)CC1. The van der Waals surface area contributed by atoms with Crippen LogP contribution < -0.4 is 20.9 Å². The summed E-state index contributed by atoms with van der Waals surface area (Å²) in [6.07, 6.45) is 5.94. The second kappa shape index (κ2) is 9.69. The third kappa shape index (κ3) is 4.99. The Kier molecular flexibility index (Phi) is 6.91. The number of piperazine rings is 1. The maximum absolute atomic E-state index is 12.5. The first kappa shape index (κ1) is 23.5. The minimum atomic E-state index is -0.416. The standard InChI is InChI=1S/C26H38N6O/c1-25(11-13-26(14-12-25,30(2)3)21-7-5-4-6-8-21)20-32(24(27)33)22-9-10-23(29-19-22)31-17-15-28-16-18-31/h4-10,19,28H,11-18,20H2,1-3H3,(H2,27,33)/t25-,26-. The van der Waals surface area contributed by atoms with Crippen LogP contribution in [0.15, 0.2) is 48.7 Å². The molecule has 1 aliphatic carbocycles. The van der Waals surface area contributed by atoms with E-state index >= 15 is 0 Å². The number of hydrogen-bond acceptors (Lipinski definition) is 5. The average molecular weight is 451 g/mol. The van der Waals surface area contributed by atoms with Gasteiger partial charge in [-0.2, -0.15) is 0 Å². The summed E-state index contributed by atoms with van der Waals surface area (Å²) in [5, 5.41) is 3.36. The van der Waals surface area contributed by atoms with Crippen LogP contribution in [0, 0.1) is 5.41 Å². The van der Waals surface area contributed by atoms with Gasteiger partial charge in [-0.05, 0) is 62.9 Å². The van der Waals surface area contributed by atoms with Crippen LogP contribution in [0.3, 0.4) is 0 Å². The van der Waals surface area contributed by atoms with E-state index in [9.17, 15) is 4.79 Å². The van der Waals surface area contributed by atoms with Crippen LogP contribution >= 0.6 is 0 Å². The highest BCUT2D eigenvalue weighted by Gasteiger charge is 2.44. The van der Waals surface area contributed by atoms with Gasteiger partial charge in [-0.3, -0.25) is 9.80 Å². The van der Waals surface area contributed by atoms with Crippen LogP contribution in [0.4, 0.5) is 16.3 Å². The fraction of sp³-hybridized carbons (Fsp3) is 0.538. The summed E-state index contributed by atoms with van der Waals surface area (Å²) in [6.45, 7) is 6.71. The number of carbonyl (C=O) groups excluding carboxylic acids is 1. The number of nitrogens with two attached hydrogens (primary N) is 1. The number of rotatable bonds is 6. The number of primary amides is 1. The van der Waals surface area contributed by atoms with Gasteiger partial charge in [-0.15, -0.1) is 0 Å². The molecule has 7 heteroatoms. The summed E-state index contributed by atoms with van der Waals surface area (Å²) >= 11 is 0. The summed E-state index contributed by atoms with van der Waals surface area (Å²) in [5.74, 6) is 0.951. The molecule has 1 saturated heterocycles. The molecule has 2 heterocycles. The predicted molar refractivity (Wildman–Crippen MR) is 135 cm³/mol. The number of hydrogen-bond donors (Lipinski definition) is 2. The molecule has 0 bridgehead atoms. The van der Waals surface area contributed by atoms with Crippen LogP contribution in [0.5, 0.6) is 0 Å². The molecule has 1 aromatic carbocycles. The lowest BCUT2D eigenvalue weighted by Gasteiger charge is -2.50. The molecule has 4 rings (SSSR count). The molecular weight excluding hydrogens is 412 g/mol. The normalized spacial score (nSPS) is 25.8. The van der Waals surface area contributed by atoms with Gasteiger partial charge in [-0.1, -0.05) is 37.3 Å². The van der Waals surface area contributed by atoms with Gasteiger partial charge in [0.2, 0.25) is 0 Å². The lowest BCUT2D eigenvalue weighted by molar-refractivity contribution is 0.0459. The molecule has 33 heavy (non-hydrogen) atoms. The van der Waals surface area contributed by atoms with E-state index in [4.69, 9.17) is 5.73 Å². The second-order valence-electron chi connectivity index (χ2n) is 10.1. The highest BCUT2D eigenvalue weighted by molar-refractivity contribution is 5.90. The van der Waals surface area contributed by atoms with Gasteiger partial charge < -0.3 is 16.0 Å². The van der Waals surface area contributed by atoms with E-state index in [0.717, 1.165) is 63.4 Å². The Morgan fingerprint density at radius 1 is 1.06 bits per heavy atom. The monoisotopic (exact) mass is 450 g/mol. The molecule has 1 aliphatic heterocycles. The van der Waals surface area contributed by atoms with Crippen LogP contribution in [-0.2, 0) is 5.54 Å². The van der Waals surface area contributed by atoms with E-state index in [1.54, 1.807) is 11.1 Å². The fourth-order valence-corrected chi connectivity index (χ4v) is 5.46. The molecule has 2 fully saturated rings. The fourth-order valence-electron chi connectivity index (χ4n) is 5.46. The summed E-state index contributed by atoms with van der Waals surface area (Å²) < 4.78 is 0. The van der Waals surface area contributed by atoms with Crippen molar-refractivity contribution in [3.63, 3.8) is 0 Å². The van der Waals surface area contributed by atoms with Crippen LogP contribution in [0.25, 0.3) is 0 Å². The lowest BCUT2D eigenvalue weighted by atomic mass is 9.65. The van der Waals surface area contributed by atoms with Gasteiger partial charge in [0.05, 0.1) is 11.9 Å². The molecule has 0 atom stereocenters. The minimum absolute atomic E-state index is 0.000527. The van der Waals surface area contributed by atoms with Crippen LogP contribution in [-0.4, -0.2) is 62.7 Å². The molecule has 2 aromatic rings. The zero-order valence-corrected chi connectivity index (χ0v) is 20.3. The molecule has 1 saturated carbocycles. The molecule has 1 aromatic heterocycles. The number of benzene rings is 1. The van der Waals surface area contributed by atoms with Gasteiger partial charge in [0.15, 0.2) is 0 Å². The largest absolute Gasteiger partial charge is 0.354 e. The van der Waals surface area contributed by atoms with Crippen LogP contribution in [0.2, 0.25) is 0 Å². The third-order valence-corrected chi connectivity index (χ3v) is 7.74. The molecule has 2 amide bonds. The third-order valence-electron chi connectivity index (χ3n) is 7.74. The maximum atomic E-state index is 12.5. The van der Waals surface area contributed by atoms with E-state index in [-0.39, 0.29) is 11.0 Å². The molecule has 0 spiro atoms. The Hall–Kier alpha value is -2.64. The Morgan fingerprint density at radius 3 is 2.27 bits per heavy atom. The smallest absolute Gasteiger partial charge is 0.319 e. The number of nitrogens with one attached hydrogen (secondary N) is 1. The first-order valence-corrected chi connectivity index (χ1v) is 12.0. The zero-order chi connectivity index (χ0) is 23.5. The number of amides is 2. The Bertz CT molecular complexity index is 916. The Balaban J connectivity index is 1.47. The van der Waals surface area contributed by atoms with Crippen molar-refractivity contribution in [1.82, 2.24) is 15.2 Å². The second-order valence-corrected chi connectivity index (χ2v) is 10.1. The zero-order valence-electron chi connectivity index (χ0n) is 20.3. The summed E-state index contributed by atoms with van der Waals surface area (Å²) in [5.41, 5.74) is 8.03. The Labute approximate surface area is 198 Å². The van der Waals surface area contributed by atoms with E-state index in [0.29, 0.717) is 6.54 Å². The lowest BCUT2D eigenvalue weighted by Crippen LogP contribution is -2.50. The van der Waals surface area contributed by atoms with Gasteiger partial charge in [0.1, 0.15) is 5.82 Å². The number of urea groups is 1. The van der Waals surface area contributed by atoms with Gasteiger partial charge in [-0.25, -0.2) is 9.78 Å². The molecule has 178 valence electrons. The van der Waals surface area contributed by atoms with Crippen molar-refractivity contribution in [2.75, 3.05) is 56.6 Å². The van der Waals surface area contributed by atoms with E-state index in [2.05, 4.69) is 71.5 Å². The number of anilines is 2. The summed E-state index contributed by atoms with van der Waals surface area (Å²) in [7, 11) is 4.36. The van der Waals surface area contributed by atoms with Crippen LogP contribution in [0.1, 0.15) is 38.2 Å².